The van der Waals surface area contributed by atoms with Crippen LogP contribution in [0.15, 0.2) is 77.7 Å². The fraction of sp³-hybridized carbons (Fsp3) is 0.286. The number of aryl methyl sites for hydroxylation is 1. The van der Waals surface area contributed by atoms with Crippen molar-refractivity contribution in [2.24, 2.45) is 0 Å². The number of sulfonamides is 1. The van der Waals surface area contributed by atoms with Crippen LogP contribution in [-0.2, 0) is 32.6 Å². The lowest BCUT2D eigenvalue weighted by Crippen LogP contribution is -2.44. The highest BCUT2D eigenvalue weighted by Crippen LogP contribution is 2.21. The van der Waals surface area contributed by atoms with Gasteiger partial charge in [-0.25, -0.2) is 8.42 Å². The van der Waals surface area contributed by atoms with E-state index in [1.165, 1.54) is 30.5 Å². The van der Waals surface area contributed by atoms with Crippen LogP contribution < -0.4 is 20.9 Å². The molecule has 0 radical (unpaired) electrons. The van der Waals surface area contributed by atoms with Crippen molar-refractivity contribution >= 4 is 39.4 Å². The molecule has 202 valence electrons. The zero-order valence-corrected chi connectivity index (χ0v) is 22.8. The number of hydrogen-bond acceptors (Lipinski definition) is 5. The van der Waals surface area contributed by atoms with E-state index in [9.17, 15) is 18.0 Å². The average molecular weight is 539 g/mol. The number of amides is 2. The molecular weight excluding hydrogens is 502 g/mol. The Morgan fingerprint density at radius 2 is 1.55 bits per heavy atom. The zero-order chi connectivity index (χ0) is 27.6. The first-order valence-corrected chi connectivity index (χ1v) is 14.0. The van der Waals surface area contributed by atoms with Gasteiger partial charge in [-0.05, 0) is 60.9 Å². The Labute approximate surface area is 224 Å². The highest BCUT2D eigenvalue weighted by atomic mass is 32.2. The normalized spacial score (nSPS) is 11.4. The third kappa shape index (κ3) is 8.89. The van der Waals surface area contributed by atoms with Crippen LogP contribution in [0.25, 0.3) is 0 Å². The summed E-state index contributed by atoms with van der Waals surface area (Å²) in [5, 5.41) is 2.83. The predicted molar refractivity (Wildman–Crippen MR) is 151 cm³/mol. The predicted octanol–water partition coefficient (Wildman–Crippen LogP) is 4.12. The number of anilines is 3. The summed E-state index contributed by atoms with van der Waals surface area (Å²) in [7, 11) is 0.0982. The van der Waals surface area contributed by atoms with Crippen molar-refractivity contribution in [2.45, 2.75) is 37.6 Å². The zero-order valence-electron chi connectivity index (χ0n) is 22.0. The number of unbranched alkanes of at least 4 members (excludes halogenated alkanes) is 1. The first-order chi connectivity index (χ1) is 18.1. The van der Waals surface area contributed by atoms with E-state index in [-0.39, 0.29) is 17.3 Å². The number of benzene rings is 3. The van der Waals surface area contributed by atoms with Crippen molar-refractivity contribution in [3.05, 3.63) is 83.9 Å². The Bertz CT molecular complexity index is 1320. The Morgan fingerprint density at radius 3 is 2.21 bits per heavy atom. The Morgan fingerprint density at radius 1 is 0.895 bits per heavy atom. The number of hydrogen-bond donors (Lipinski definition) is 4. The number of carbonyl (C=O) groups is 2. The fourth-order valence-corrected chi connectivity index (χ4v) is 5.13. The molecule has 3 aromatic rings. The summed E-state index contributed by atoms with van der Waals surface area (Å²) < 4.78 is 28.8. The van der Waals surface area contributed by atoms with Gasteiger partial charge < -0.3 is 9.80 Å². The van der Waals surface area contributed by atoms with E-state index in [0.29, 0.717) is 34.5 Å². The van der Waals surface area contributed by atoms with Gasteiger partial charge in [-0.2, -0.15) is 0 Å². The monoisotopic (exact) mass is 538 g/mol. The van der Waals surface area contributed by atoms with Crippen LogP contribution in [0, 0.1) is 0 Å². The van der Waals surface area contributed by atoms with E-state index >= 15 is 0 Å². The molecule has 3 rings (SSSR count). The van der Waals surface area contributed by atoms with E-state index in [0.717, 1.165) is 12.0 Å². The fourth-order valence-electron chi connectivity index (χ4n) is 4.02. The Balaban J connectivity index is 1.59. The number of likely N-dealkylation sites (N-methyl/N-ethyl adjacent to an activating group) is 1. The third-order valence-electron chi connectivity index (χ3n) is 5.86. The van der Waals surface area contributed by atoms with Crippen molar-refractivity contribution in [3.63, 3.8) is 0 Å². The first kappa shape index (κ1) is 28.7. The van der Waals surface area contributed by atoms with Gasteiger partial charge in [0.15, 0.2) is 6.54 Å². The van der Waals surface area contributed by atoms with Gasteiger partial charge in [-0.3, -0.25) is 25.2 Å². The lowest BCUT2D eigenvalue weighted by molar-refractivity contribution is -0.895. The highest BCUT2D eigenvalue weighted by molar-refractivity contribution is 7.92. The maximum Gasteiger partial charge on any atom is 0.279 e. The molecule has 0 aromatic heterocycles. The van der Waals surface area contributed by atoms with Gasteiger partial charge in [0.25, 0.3) is 15.9 Å². The number of carbonyl (C=O) groups excluding carboxylic acids is 2. The molecule has 4 N–H and O–H groups in total. The van der Waals surface area contributed by atoms with Crippen LogP contribution >= 0.6 is 0 Å². The van der Waals surface area contributed by atoms with Crippen molar-refractivity contribution in [1.82, 2.24) is 5.43 Å². The molecule has 0 fully saturated rings. The molecule has 0 bridgehead atoms. The maximum absolute atomic E-state index is 12.9. The number of nitrogens with one attached hydrogen (secondary N) is 4. The van der Waals surface area contributed by atoms with E-state index < -0.39 is 10.0 Å². The summed E-state index contributed by atoms with van der Waals surface area (Å²) in [5.74, 6) is -0.205. The van der Waals surface area contributed by atoms with E-state index in [1.54, 1.807) is 36.4 Å². The number of hydrazine groups is 1. The molecule has 10 heteroatoms. The second-order valence-corrected chi connectivity index (χ2v) is 11.5. The number of nitrogens with zero attached hydrogens (tertiary/aromatic N) is 1. The lowest BCUT2D eigenvalue weighted by Gasteiger charge is -2.29. The van der Waals surface area contributed by atoms with Crippen molar-refractivity contribution in [1.29, 1.82) is 0 Å². The van der Waals surface area contributed by atoms with Crippen LogP contribution in [0.4, 0.5) is 17.1 Å². The molecule has 9 nitrogen and oxygen atoms in total. The molecule has 0 saturated carbocycles. The molecule has 0 saturated heterocycles. The van der Waals surface area contributed by atoms with E-state index in [2.05, 4.69) is 52.1 Å². The highest BCUT2D eigenvalue weighted by Gasteiger charge is 2.22. The first-order valence-electron chi connectivity index (χ1n) is 12.5. The van der Waals surface area contributed by atoms with Gasteiger partial charge in [-0.15, -0.1) is 0 Å². The minimum Gasteiger partial charge on any atom is -0.321 e. The van der Waals surface area contributed by atoms with Crippen molar-refractivity contribution < 1.29 is 22.5 Å². The van der Waals surface area contributed by atoms with Gasteiger partial charge >= 0.3 is 0 Å². The van der Waals surface area contributed by atoms with Crippen LogP contribution in [0.3, 0.4) is 0 Å². The van der Waals surface area contributed by atoms with Gasteiger partial charge in [-0.1, -0.05) is 43.7 Å². The van der Waals surface area contributed by atoms with E-state index in [4.69, 9.17) is 0 Å². The second kappa shape index (κ2) is 13.1. The van der Waals surface area contributed by atoms with Gasteiger partial charge in [0.2, 0.25) is 6.41 Å². The average Bonchev–Trinajstić information content (AvgIpc) is 2.87. The SMILES string of the molecule is CCCCc1ccc(C[N+](C)(C)CC(=O)Nc2cccc(S(=O)(=O)Nc3ccc(NNC=O)cc3)c2)cc1. The smallest absolute Gasteiger partial charge is 0.279 e. The molecule has 0 spiro atoms. The maximum atomic E-state index is 12.9. The molecule has 0 atom stereocenters. The summed E-state index contributed by atoms with van der Waals surface area (Å²) in [6, 6.07) is 21.1. The number of quaternary nitrogens is 1. The Kier molecular flexibility index (Phi) is 9.86. The summed E-state index contributed by atoms with van der Waals surface area (Å²) in [6.07, 6.45) is 3.91. The number of rotatable bonds is 14. The molecule has 0 unspecified atom stereocenters. The van der Waals surface area contributed by atoms with Gasteiger partial charge in [0.1, 0.15) is 6.54 Å². The summed E-state index contributed by atoms with van der Waals surface area (Å²) >= 11 is 0. The largest absolute Gasteiger partial charge is 0.321 e. The Hall–Kier alpha value is -3.89. The van der Waals surface area contributed by atoms with Gasteiger partial charge in [0, 0.05) is 16.9 Å². The van der Waals surface area contributed by atoms with Crippen LogP contribution in [-0.4, -0.2) is 45.9 Å². The molecule has 3 aromatic carbocycles. The standard InChI is InChI=1S/C28H35N5O4S/c1-4-5-7-22-10-12-23(13-11-22)19-33(2,3)20-28(35)30-26-8-6-9-27(18-26)38(36,37)32-25-16-14-24(15-17-25)31-29-21-34/h6,8-18,21,31-32H,4-5,7,19-20H2,1-3H3,(H-,29,30,34,35)/p+1. The molecule has 0 aliphatic rings. The second-order valence-electron chi connectivity index (χ2n) is 9.82. The quantitative estimate of drug-likeness (QED) is 0.140. The topological polar surface area (TPSA) is 116 Å². The van der Waals surface area contributed by atoms with Crippen LogP contribution in [0.2, 0.25) is 0 Å². The lowest BCUT2D eigenvalue weighted by atomic mass is 10.1. The van der Waals surface area contributed by atoms with Crippen molar-refractivity contribution in [3.8, 4) is 0 Å². The third-order valence-corrected chi connectivity index (χ3v) is 7.24. The van der Waals surface area contributed by atoms with Crippen LogP contribution in [0.1, 0.15) is 30.9 Å². The van der Waals surface area contributed by atoms with E-state index in [1.807, 2.05) is 14.1 Å². The van der Waals surface area contributed by atoms with Crippen LogP contribution in [0.5, 0.6) is 0 Å². The molecule has 0 aliphatic carbocycles. The minimum atomic E-state index is -3.88. The molecule has 0 heterocycles. The molecule has 0 aliphatic heterocycles. The molecule has 38 heavy (non-hydrogen) atoms. The van der Waals surface area contributed by atoms with Crippen molar-refractivity contribution in [2.75, 3.05) is 36.1 Å². The minimum absolute atomic E-state index is 0.0250. The summed E-state index contributed by atoms with van der Waals surface area (Å²) in [5.41, 5.74) is 8.78. The molecular formula is C28H36N5O4S+. The summed E-state index contributed by atoms with van der Waals surface area (Å²) in [4.78, 5) is 23.2. The van der Waals surface area contributed by atoms with Gasteiger partial charge in [0.05, 0.1) is 24.7 Å². The summed E-state index contributed by atoms with van der Waals surface area (Å²) in [6.45, 7) is 3.10. The molecule has 2 amide bonds.